The zero-order valence-corrected chi connectivity index (χ0v) is 14.7. The molecule has 9 heteroatoms. The molecule has 3 N–H and O–H groups in total. The van der Waals surface area contributed by atoms with Crippen LogP contribution in [0.5, 0.6) is 0 Å². The molecule has 1 amide bonds. The lowest BCUT2D eigenvalue weighted by molar-refractivity contribution is -0.117. The third-order valence-corrected chi connectivity index (χ3v) is 5.11. The summed E-state index contributed by atoms with van der Waals surface area (Å²) in [5.41, 5.74) is 1.01. The van der Waals surface area contributed by atoms with Crippen LogP contribution in [0.3, 0.4) is 0 Å². The van der Waals surface area contributed by atoms with Gasteiger partial charge in [0.1, 0.15) is 0 Å². The van der Waals surface area contributed by atoms with Crippen LogP contribution in [0.25, 0.3) is 0 Å². The van der Waals surface area contributed by atoms with E-state index in [1.165, 1.54) is 13.1 Å². The van der Waals surface area contributed by atoms with Gasteiger partial charge in [-0.05, 0) is 31.7 Å². The monoisotopic (exact) mass is 363 g/mol. The second kappa shape index (κ2) is 8.60. The fraction of sp³-hybridized carbons (Fsp3) is 0.500. The smallest absolute Gasteiger partial charge is 0.240 e. The quantitative estimate of drug-likeness (QED) is 0.713. The van der Waals surface area contributed by atoms with Crippen molar-refractivity contribution in [2.24, 2.45) is 0 Å². The standard InChI is InChI=1S/C14H21N3O4S.ClH/c1-10-12(4-3-5-13(10)22(19,20)15-2)17-14(18)8-11-9-21-7-6-16-11;/h3-5,11,15-16H,6-9H2,1-2H3,(H,17,18);1H. The van der Waals surface area contributed by atoms with Crippen molar-refractivity contribution in [3.05, 3.63) is 23.8 Å². The molecular weight excluding hydrogens is 342 g/mol. The zero-order chi connectivity index (χ0) is 16.2. The topological polar surface area (TPSA) is 96.5 Å². The first-order chi connectivity index (χ1) is 10.4. The molecule has 0 bridgehead atoms. The summed E-state index contributed by atoms with van der Waals surface area (Å²) in [4.78, 5) is 12.3. The summed E-state index contributed by atoms with van der Waals surface area (Å²) in [5, 5.41) is 5.97. The Hall–Kier alpha value is -1.19. The van der Waals surface area contributed by atoms with Crippen molar-refractivity contribution in [2.75, 3.05) is 32.1 Å². The van der Waals surface area contributed by atoms with Crippen LogP contribution in [-0.4, -0.2) is 47.2 Å². The van der Waals surface area contributed by atoms with E-state index in [2.05, 4.69) is 15.4 Å². The van der Waals surface area contributed by atoms with Crippen LogP contribution < -0.4 is 15.4 Å². The molecule has 1 atom stereocenters. The maximum Gasteiger partial charge on any atom is 0.240 e. The number of carbonyl (C=O) groups is 1. The van der Waals surface area contributed by atoms with Crippen LogP contribution in [0.2, 0.25) is 0 Å². The van der Waals surface area contributed by atoms with Gasteiger partial charge in [-0.2, -0.15) is 0 Å². The molecule has 1 heterocycles. The summed E-state index contributed by atoms with van der Waals surface area (Å²) in [7, 11) is -2.19. The number of halogens is 1. The highest BCUT2D eigenvalue weighted by Gasteiger charge is 2.20. The minimum Gasteiger partial charge on any atom is -0.378 e. The summed E-state index contributed by atoms with van der Waals surface area (Å²) in [6, 6.07) is 4.78. The average molecular weight is 364 g/mol. The molecular formula is C14H22ClN3O4S. The molecule has 2 rings (SSSR count). The molecule has 1 saturated heterocycles. The fourth-order valence-corrected chi connectivity index (χ4v) is 3.32. The van der Waals surface area contributed by atoms with Gasteiger partial charge in [-0.3, -0.25) is 4.79 Å². The first-order valence-electron chi connectivity index (χ1n) is 7.08. The van der Waals surface area contributed by atoms with Crippen molar-refractivity contribution in [1.82, 2.24) is 10.0 Å². The number of hydrogen-bond acceptors (Lipinski definition) is 5. The molecule has 1 aromatic carbocycles. The Labute approximate surface area is 142 Å². The van der Waals surface area contributed by atoms with Crippen LogP contribution in [0.15, 0.2) is 23.1 Å². The minimum atomic E-state index is -3.55. The molecule has 1 aromatic rings. The van der Waals surface area contributed by atoms with E-state index < -0.39 is 10.0 Å². The van der Waals surface area contributed by atoms with Crippen molar-refractivity contribution >= 4 is 34.0 Å². The molecule has 0 radical (unpaired) electrons. The molecule has 0 aliphatic carbocycles. The number of sulfonamides is 1. The van der Waals surface area contributed by atoms with Gasteiger partial charge in [0.2, 0.25) is 15.9 Å². The van der Waals surface area contributed by atoms with Gasteiger partial charge in [-0.1, -0.05) is 6.07 Å². The first-order valence-corrected chi connectivity index (χ1v) is 8.56. The molecule has 7 nitrogen and oxygen atoms in total. The molecule has 23 heavy (non-hydrogen) atoms. The van der Waals surface area contributed by atoms with Gasteiger partial charge in [-0.15, -0.1) is 12.4 Å². The Balaban J connectivity index is 0.00000264. The summed E-state index contributed by atoms with van der Waals surface area (Å²) >= 11 is 0. The lowest BCUT2D eigenvalue weighted by atomic mass is 10.1. The van der Waals surface area contributed by atoms with E-state index in [4.69, 9.17) is 4.74 Å². The van der Waals surface area contributed by atoms with E-state index in [0.29, 0.717) is 24.5 Å². The van der Waals surface area contributed by atoms with Crippen LogP contribution in [0.4, 0.5) is 5.69 Å². The fourth-order valence-electron chi connectivity index (χ4n) is 2.33. The van der Waals surface area contributed by atoms with Gasteiger partial charge in [0.15, 0.2) is 0 Å². The predicted octanol–water partition coefficient (Wildman–Crippen LogP) is 0.642. The van der Waals surface area contributed by atoms with Gasteiger partial charge in [0.25, 0.3) is 0 Å². The highest BCUT2D eigenvalue weighted by molar-refractivity contribution is 7.89. The van der Waals surface area contributed by atoms with Crippen molar-refractivity contribution in [1.29, 1.82) is 0 Å². The summed E-state index contributed by atoms with van der Waals surface area (Å²) in [6.07, 6.45) is 0.280. The predicted molar refractivity (Wildman–Crippen MR) is 90.5 cm³/mol. The van der Waals surface area contributed by atoms with Crippen LogP contribution in [0.1, 0.15) is 12.0 Å². The van der Waals surface area contributed by atoms with E-state index in [-0.39, 0.29) is 35.7 Å². The molecule has 1 fully saturated rings. The van der Waals surface area contributed by atoms with Crippen LogP contribution in [-0.2, 0) is 19.6 Å². The van der Waals surface area contributed by atoms with Gasteiger partial charge in [0, 0.05) is 24.7 Å². The van der Waals surface area contributed by atoms with Crippen molar-refractivity contribution in [2.45, 2.75) is 24.3 Å². The van der Waals surface area contributed by atoms with E-state index in [1.807, 2.05) is 0 Å². The molecule has 0 saturated carbocycles. The number of carbonyl (C=O) groups excluding carboxylic acids is 1. The van der Waals surface area contributed by atoms with E-state index >= 15 is 0 Å². The lowest BCUT2D eigenvalue weighted by Gasteiger charge is -2.23. The highest BCUT2D eigenvalue weighted by atomic mass is 35.5. The van der Waals surface area contributed by atoms with Crippen LogP contribution >= 0.6 is 12.4 Å². The Morgan fingerprint density at radius 3 is 2.78 bits per heavy atom. The van der Waals surface area contributed by atoms with Crippen molar-refractivity contribution in [3.8, 4) is 0 Å². The number of benzene rings is 1. The number of amides is 1. The minimum absolute atomic E-state index is 0. The first kappa shape index (κ1) is 19.9. The molecule has 1 aliphatic rings. The largest absolute Gasteiger partial charge is 0.378 e. The van der Waals surface area contributed by atoms with Gasteiger partial charge >= 0.3 is 0 Å². The number of nitrogens with one attached hydrogen (secondary N) is 3. The Kier molecular flexibility index (Phi) is 7.43. The SMILES string of the molecule is CNS(=O)(=O)c1cccc(NC(=O)CC2COCCN2)c1C.Cl. The second-order valence-corrected chi connectivity index (χ2v) is 6.97. The summed E-state index contributed by atoms with van der Waals surface area (Å²) in [5.74, 6) is -0.176. The van der Waals surface area contributed by atoms with Gasteiger partial charge < -0.3 is 15.4 Å². The van der Waals surface area contributed by atoms with E-state index in [9.17, 15) is 13.2 Å². The summed E-state index contributed by atoms with van der Waals surface area (Å²) in [6.45, 7) is 3.55. The molecule has 1 unspecified atom stereocenters. The Bertz CT molecular complexity index is 645. The average Bonchev–Trinajstić information content (AvgIpc) is 2.50. The normalized spacial score (nSPS) is 18.1. The summed E-state index contributed by atoms with van der Waals surface area (Å²) < 4.78 is 31.4. The van der Waals surface area contributed by atoms with E-state index in [0.717, 1.165) is 6.54 Å². The zero-order valence-electron chi connectivity index (χ0n) is 13.1. The Morgan fingerprint density at radius 2 is 2.17 bits per heavy atom. The van der Waals surface area contributed by atoms with Crippen molar-refractivity contribution in [3.63, 3.8) is 0 Å². The third-order valence-electron chi connectivity index (χ3n) is 3.55. The lowest BCUT2D eigenvalue weighted by Crippen LogP contribution is -2.43. The van der Waals surface area contributed by atoms with E-state index in [1.54, 1.807) is 19.1 Å². The molecule has 130 valence electrons. The Morgan fingerprint density at radius 1 is 1.43 bits per heavy atom. The highest BCUT2D eigenvalue weighted by Crippen LogP contribution is 2.23. The van der Waals surface area contributed by atoms with Gasteiger partial charge in [-0.25, -0.2) is 13.1 Å². The number of rotatable bonds is 5. The maximum absolute atomic E-state index is 12.1. The number of ether oxygens (including phenoxy) is 1. The van der Waals surface area contributed by atoms with Crippen molar-refractivity contribution < 1.29 is 17.9 Å². The maximum atomic E-state index is 12.1. The van der Waals surface area contributed by atoms with Crippen LogP contribution in [0, 0.1) is 6.92 Å². The van der Waals surface area contributed by atoms with Gasteiger partial charge in [0.05, 0.1) is 18.1 Å². The molecule has 1 aliphatic heterocycles. The third kappa shape index (κ3) is 5.15. The number of morpholine rings is 1. The number of anilines is 1. The molecule has 0 aromatic heterocycles. The second-order valence-electron chi connectivity index (χ2n) is 5.11. The number of hydrogen-bond donors (Lipinski definition) is 3. The molecule has 0 spiro atoms.